The van der Waals surface area contributed by atoms with Gasteiger partial charge < -0.3 is 20.3 Å². The molecule has 0 radical (unpaired) electrons. The van der Waals surface area contributed by atoms with Gasteiger partial charge in [0.15, 0.2) is 17.6 Å². The minimum atomic E-state index is -0.940. The summed E-state index contributed by atoms with van der Waals surface area (Å²) in [5.41, 5.74) is 1.70. The Morgan fingerprint density at radius 1 is 1.07 bits per heavy atom. The van der Waals surface area contributed by atoms with Crippen LogP contribution in [0.1, 0.15) is 15.9 Å². The highest BCUT2D eigenvalue weighted by molar-refractivity contribution is 5.94. The van der Waals surface area contributed by atoms with Crippen LogP contribution in [0.2, 0.25) is 0 Å². The summed E-state index contributed by atoms with van der Waals surface area (Å²) in [7, 11) is 5.10. The first kappa shape index (κ1) is 22.1. The zero-order chi connectivity index (χ0) is 21.2. The summed E-state index contributed by atoms with van der Waals surface area (Å²) in [5, 5.41) is 6.26. The molecule has 0 heterocycles. The number of hydrogen-bond acceptors (Lipinski definition) is 3. The average molecular weight is 404 g/mol. The van der Waals surface area contributed by atoms with Crippen molar-refractivity contribution >= 4 is 11.9 Å². The van der Waals surface area contributed by atoms with Gasteiger partial charge >= 0.3 is 0 Å². The number of halogens is 2. The SMILES string of the molecule is CN=C(NCCOc1ccc(F)c(F)c1)NCCc1cccc(C(=O)N(C)C)c1. The molecule has 0 saturated heterocycles. The van der Waals surface area contributed by atoms with Crippen molar-refractivity contribution in [2.75, 3.05) is 40.8 Å². The largest absolute Gasteiger partial charge is 0.492 e. The van der Waals surface area contributed by atoms with E-state index in [1.807, 2.05) is 18.2 Å². The molecule has 0 atom stereocenters. The Morgan fingerprint density at radius 2 is 1.83 bits per heavy atom. The Morgan fingerprint density at radius 3 is 2.52 bits per heavy atom. The van der Waals surface area contributed by atoms with E-state index in [0.717, 1.165) is 24.1 Å². The molecular weight excluding hydrogens is 378 g/mol. The number of aliphatic imine (C=N–C) groups is 1. The number of benzene rings is 2. The summed E-state index contributed by atoms with van der Waals surface area (Å²) in [5.74, 6) is -1.01. The molecule has 2 aromatic rings. The van der Waals surface area contributed by atoms with Crippen LogP contribution in [0, 0.1) is 11.6 Å². The second-order valence-corrected chi connectivity index (χ2v) is 6.50. The first-order chi connectivity index (χ1) is 13.9. The molecule has 2 N–H and O–H groups in total. The van der Waals surface area contributed by atoms with Gasteiger partial charge in [0.2, 0.25) is 0 Å². The van der Waals surface area contributed by atoms with Gasteiger partial charge in [-0.2, -0.15) is 0 Å². The van der Waals surface area contributed by atoms with E-state index in [1.165, 1.54) is 6.07 Å². The lowest BCUT2D eigenvalue weighted by Crippen LogP contribution is -2.40. The van der Waals surface area contributed by atoms with Crippen molar-refractivity contribution in [1.29, 1.82) is 0 Å². The molecule has 0 saturated carbocycles. The van der Waals surface area contributed by atoms with Crippen LogP contribution in [0.4, 0.5) is 8.78 Å². The zero-order valence-electron chi connectivity index (χ0n) is 16.8. The lowest BCUT2D eigenvalue weighted by molar-refractivity contribution is 0.0827. The van der Waals surface area contributed by atoms with Crippen LogP contribution in [-0.2, 0) is 6.42 Å². The number of guanidine groups is 1. The first-order valence-corrected chi connectivity index (χ1v) is 9.23. The Balaban J connectivity index is 1.73. The zero-order valence-corrected chi connectivity index (χ0v) is 16.8. The minimum Gasteiger partial charge on any atom is -0.492 e. The predicted octanol–water partition coefficient (Wildman–Crippen LogP) is 2.45. The Labute approximate surface area is 169 Å². The Kier molecular flexibility index (Phi) is 8.39. The molecule has 8 heteroatoms. The fourth-order valence-electron chi connectivity index (χ4n) is 2.57. The van der Waals surface area contributed by atoms with Crippen molar-refractivity contribution in [1.82, 2.24) is 15.5 Å². The molecule has 0 aliphatic carbocycles. The van der Waals surface area contributed by atoms with E-state index in [4.69, 9.17) is 4.74 Å². The third-order valence-corrected chi connectivity index (χ3v) is 4.06. The molecular formula is C21H26F2N4O2. The van der Waals surface area contributed by atoms with E-state index in [-0.39, 0.29) is 18.3 Å². The molecule has 0 unspecified atom stereocenters. The third-order valence-electron chi connectivity index (χ3n) is 4.06. The monoisotopic (exact) mass is 404 g/mol. The number of carbonyl (C=O) groups is 1. The van der Waals surface area contributed by atoms with E-state index in [9.17, 15) is 13.6 Å². The number of amides is 1. The number of nitrogens with zero attached hydrogens (tertiary/aromatic N) is 2. The van der Waals surface area contributed by atoms with Crippen LogP contribution in [-0.4, -0.2) is 57.6 Å². The number of hydrogen-bond donors (Lipinski definition) is 2. The van der Waals surface area contributed by atoms with Gasteiger partial charge in [-0.25, -0.2) is 8.78 Å². The number of rotatable bonds is 8. The molecule has 2 rings (SSSR count). The average Bonchev–Trinajstić information content (AvgIpc) is 2.71. The topological polar surface area (TPSA) is 66.0 Å². The summed E-state index contributed by atoms with van der Waals surface area (Å²) in [4.78, 5) is 17.7. The fraction of sp³-hybridized carbons (Fsp3) is 0.333. The molecule has 0 aliphatic heterocycles. The molecule has 0 aromatic heterocycles. The fourth-order valence-corrected chi connectivity index (χ4v) is 2.57. The molecule has 156 valence electrons. The summed E-state index contributed by atoms with van der Waals surface area (Å²) < 4.78 is 31.4. The maximum Gasteiger partial charge on any atom is 0.253 e. The number of carbonyl (C=O) groups excluding carboxylic acids is 1. The van der Waals surface area contributed by atoms with E-state index in [0.29, 0.717) is 24.6 Å². The van der Waals surface area contributed by atoms with Crippen molar-refractivity contribution in [3.05, 3.63) is 65.2 Å². The molecule has 0 bridgehead atoms. The van der Waals surface area contributed by atoms with Crippen LogP contribution in [0.15, 0.2) is 47.5 Å². The van der Waals surface area contributed by atoms with Gasteiger partial charge in [-0.1, -0.05) is 12.1 Å². The number of ether oxygens (including phenoxy) is 1. The van der Waals surface area contributed by atoms with E-state index < -0.39 is 11.6 Å². The van der Waals surface area contributed by atoms with Crippen LogP contribution in [0.25, 0.3) is 0 Å². The van der Waals surface area contributed by atoms with E-state index >= 15 is 0 Å². The standard InChI is InChI=1S/C21H26F2N4O2/c1-24-21(26-11-12-29-17-7-8-18(22)19(23)14-17)25-10-9-15-5-4-6-16(13-15)20(28)27(2)3/h4-8,13-14H,9-12H2,1-3H3,(H2,24,25,26). The van der Waals surface area contributed by atoms with Gasteiger partial charge in [0, 0.05) is 39.3 Å². The van der Waals surface area contributed by atoms with E-state index in [1.54, 1.807) is 32.1 Å². The van der Waals surface area contributed by atoms with Crippen LogP contribution >= 0.6 is 0 Å². The van der Waals surface area contributed by atoms with Crippen molar-refractivity contribution in [3.8, 4) is 5.75 Å². The molecule has 0 spiro atoms. The second-order valence-electron chi connectivity index (χ2n) is 6.50. The Hall–Kier alpha value is -3.16. The van der Waals surface area contributed by atoms with Crippen molar-refractivity contribution in [3.63, 3.8) is 0 Å². The number of nitrogens with one attached hydrogen (secondary N) is 2. The Bertz CT molecular complexity index is 856. The van der Waals surface area contributed by atoms with Crippen LogP contribution < -0.4 is 15.4 Å². The minimum absolute atomic E-state index is 0.0293. The molecule has 0 fully saturated rings. The smallest absolute Gasteiger partial charge is 0.253 e. The second kappa shape index (κ2) is 11.0. The highest BCUT2D eigenvalue weighted by Gasteiger charge is 2.08. The van der Waals surface area contributed by atoms with Crippen LogP contribution in [0.5, 0.6) is 5.75 Å². The predicted molar refractivity (Wildman–Crippen MR) is 109 cm³/mol. The van der Waals surface area contributed by atoms with Crippen molar-refractivity contribution < 1.29 is 18.3 Å². The third kappa shape index (κ3) is 7.06. The lowest BCUT2D eigenvalue weighted by Gasteiger charge is -2.13. The van der Waals surface area contributed by atoms with Gasteiger partial charge in [-0.05, 0) is 36.2 Å². The normalized spacial score (nSPS) is 11.1. The summed E-state index contributed by atoms with van der Waals surface area (Å²) in [6.45, 7) is 1.33. The first-order valence-electron chi connectivity index (χ1n) is 9.23. The van der Waals surface area contributed by atoms with Gasteiger partial charge in [0.25, 0.3) is 5.91 Å². The highest BCUT2D eigenvalue weighted by Crippen LogP contribution is 2.15. The van der Waals surface area contributed by atoms with Crippen molar-refractivity contribution in [2.24, 2.45) is 4.99 Å². The molecule has 6 nitrogen and oxygen atoms in total. The van der Waals surface area contributed by atoms with Gasteiger partial charge in [-0.15, -0.1) is 0 Å². The molecule has 0 aliphatic rings. The van der Waals surface area contributed by atoms with Crippen molar-refractivity contribution in [2.45, 2.75) is 6.42 Å². The maximum absolute atomic E-state index is 13.1. The highest BCUT2D eigenvalue weighted by atomic mass is 19.2. The summed E-state index contributed by atoms with van der Waals surface area (Å²) in [6.07, 6.45) is 0.723. The van der Waals surface area contributed by atoms with Gasteiger partial charge in [0.05, 0.1) is 6.54 Å². The quantitative estimate of drug-likeness (QED) is 0.403. The van der Waals surface area contributed by atoms with Crippen LogP contribution in [0.3, 0.4) is 0 Å². The molecule has 2 aromatic carbocycles. The lowest BCUT2D eigenvalue weighted by atomic mass is 10.1. The maximum atomic E-state index is 13.1. The summed E-state index contributed by atoms with van der Waals surface area (Å²) in [6, 6.07) is 10.9. The van der Waals surface area contributed by atoms with Gasteiger partial charge in [-0.3, -0.25) is 9.79 Å². The van der Waals surface area contributed by atoms with E-state index in [2.05, 4.69) is 15.6 Å². The molecule has 29 heavy (non-hydrogen) atoms. The van der Waals surface area contributed by atoms with Gasteiger partial charge in [0.1, 0.15) is 12.4 Å². The summed E-state index contributed by atoms with van der Waals surface area (Å²) >= 11 is 0. The molecule has 1 amide bonds.